The van der Waals surface area contributed by atoms with Crippen LogP contribution in [0.3, 0.4) is 0 Å². The molecule has 0 saturated heterocycles. The average molecular weight is 328 g/mol. The molecule has 1 aliphatic rings. The number of rotatable bonds is 4. The standard InChI is InChI=1S/C14H18BrNO3/c1-19-13-6-5-9(7-11(13)15)8-16-14(18)10-3-2-4-12(10)17/h5-7,10,12,17H,2-4,8H2,1H3,(H,16,18). The van der Waals surface area contributed by atoms with Crippen molar-refractivity contribution < 1.29 is 14.6 Å². The summed E-state index contributed by atoms with van der Waals surface area (Å²) in [6.45, 7) is 0.463. The molecule has 2 atom stereocenters. The van der Waals surface area contributed by atoms with E-state index in [-0.39, 0.29) is 11.8 Å². The molecule has 0 aromatic heterocycles. The van der Waals surface area contributed by atoms with Gasteiger partial charge in [0.05, 0.1) is 23.6 Å². The fourth-order valence-corrected chi connectivity index (χ4v) is 2.97. The second-order valence-electron chi connectivity index (χ2n) is 4.79. The van der Waals surface area contributed by atoms with Crippen LogP contribution in [0.1, 0.15) is 24.8 Å². The Balaban J connectivity index is 1.91. The Morgan fingerprint density at radius 1 is 1.53 bits per heavy atom. The van der Waals surface area contributed by atoms with E-state index in [1.54, 1.807) is 7.11 Å². The first-order valence-electron chi connectivity index (χ1n) is 6.40. The van der Waals surface area contributed by atoms with E-state index in [2.05, 4.69) is 21.2 Å². The minimum atomic E-state index is -0.484. The largest absolute Gasteiger partial charge is 0.496 e. The molecule has 0 bridgehead atoms. The Morgan fingerprint density at radius 2 is 2.32 bits per heavy atom. The number of carbonyl (C=O) groups excluding carboxylic acids is 1. The summed E-state index contributed by atoms with van der Waals surface area (Å²) in [7, 11) is 1.61. The highest BCUT2D eigenvalue weighted by atomic mass is 79.9. The lowest BCUT2D eigenvalue weighted by Crippen LogP contribution is -2.34. The maximum atomic E-state index is 11.9. The summed E-state index contributed by atoms with van der Waals surface area (Å²) in [5.41, 5.74) is 0.994. The van der Waals surface area contributed by atoms with Crippen LogP contribution in [0.2, 0.25) is 0 Å². The van der Waals surface area contributed by atoms with Crippen molar-refractivity contribution in [1.82, 2.24) is 5.32 Å². The van der Waals surface area contributed by atoms with Crippen molar-refractivity contribution in [2.75, 3.05) is 7.11 Å². The van der Waals surface area contributed by atoms with Crippen LogP contribution in [-0.2, 0) is 11.3 Å². The van der Waals surface area contributed by atoms with E-state index < -0.39 is 6.10 Å². The molecule has 104 valence electrons. The normalized spacial score (nSPS) is 22.3. The van der Waals surface area contributed by atoms with Gasteiger partial charge in [0.25, 0.3) is 0 Å². The topological polar surface area (TPSA) is 58.6 Å². The molecule has 0 aliphatic heterocycles. The van der Waals surface area contributed by atoms with Crippen LogP contribution in [0.5, 0.6) is 5.75 Å². The number of nitrogens with one attached hydrogen (secondary N) is 1. The van der Waals surface area contributed by atoms with Gasteiger partial charge >= 0.3 is 0 Å². The molecule has 1 saturated carbocycles. The van der Waals surface area contributed by atoms with E-state index in [9.17, 15) is 9.90 Å². The minimum Gasteiger partial charge on any atom is -0.496 e. The second-order valence-corrected chi connectivity index (χ2v) is 5.65. The zero-order valence-electron chi connectivity index (χ0n) is 10.9. The van der Waals surface area contributed by atoms with Gasteiger partial charge in [-0.2, -0.15) is 0 Å². The van der Waals surface area contributed by atoms with Crippen molar-refractivity contribution in [2.45, 2.75) is 31.9 Å². The molecule has 19 heavy (non-hydrogen) atoms. The van der Waals surface area contributed by atoms with E-state index in [0.29, 0.717) is 6.54 Å². The molecular formula is C14H18BrNO3. The molecular weight excluding hydrogens is 310 g/mol. The van der Waals surface area contributed by atoms with Crippen molar-refractivity contribution in [1.29, 1.82) is 0 Å². The zero-order chi connectivity index (χ0) is 13.8. The molecule has 1 aromatic rings. The van der Waals surface area contributed by atoms with E-state index in [1.807, 2.05) is 18.2 Å². The number of methoxy groups -OCH3 is 1. The van der Waals surface area contributed by atoms with E-state index in [4.69, 9.17) is 4.74 Å². The molecule has 1 amide bonds. The summed E-state index contributed by atoms with van der Waals surface area (Å²) >= 11 is 3.41. The van der Waals surface area contributed by atoms with Gasteiger partial charge in [0.2, 0.25) is 5.91 Å². The van der Waals surface area contributed by atoms with Crippen LogP contribution < -0.4 is 10.1 Å². The van der Waals surface area contributed by atoms with Gasteiger partial charge in [0.1, 0.15) is 5.75 Å². The number of amides is 1. The molecule has 1 aliphatic carbocycles. The van der Waals surface area contributed by atoms with Gasteiger partial charge in [-0.25, -0.2) is 0 Å². The van der Waals surface area contributed by atoms with Crippen LogP contribution in [0, 0.1) is 5.92 Å². The van der Waals surface area contributed by atoms with Gasteiger partial charge < -0.3 is 15.2 Å². The highest BCUT2D eigenvalue weighted by molar-refractivity contribution is 9.10. The van der Waals surface area contributed by atoms with Gasteiger partial charge in [-0.05, 0) is 52.9 Å². The molecule has 1 aromatic carbocycles. The summed E-state index contributed by atoms with van der Waals surface area (Å²) in [4.78, 5) is 11.9. The molecule has 1 fully saturated rings. The molecule has 0 radical (unpaired) electrons. The van der Waals surface area contributed by atoms with E-state index in [1.165, 1.54) is 0 Å². The van der Waals surface area contributed by atoms with Gasteiger partial charge in [0, 0.05) is 6.54 Å². The van der Waals surface area contributed by atoms with Crippen LogP contribution >= 0.6 is 15.9 Å². The summed E-state index contributed by atoms with van der Waals surface area (Å²) in [6, 6.07) is 5.69. The highest BCUT2D eigenvalue weighted by Gasteiger charge is 2.31. The Bertz CT molecular complexity index is 464. The number of ether oxygens (including phenoxy) is 1. The van der Waals surface area contributed by atoms with Crippen molar-refractivity contribution in [3.8, 4) is 5.75 Å². The Labute approximate surface area is 121 Å². The van der Waals surface area contributed by atoms with Crippen molar-refractivity contribution in [3.05, 3.63) is 28.2 Å². The Hall–Kier alpha value is -1.07. The number of carbonyl (C=O) groups is 1. The third kappa shape index (κ3) is 3.48. The number of benzene rings is 1. The summed E-state index contributed by atoms with van der Waals surface area (Å²) in [5, 5.41) is 12.6. The third-order valence-corrected chi connectivity index (χ3v) is 4.12. The van der Waals surface area contributed by atoms with Crippen LogP contribution in [0.25, 0.3) is 0 Å². The molecule has 0 heterocycles. The highest BCUT2D eigenvalue weighted by Crippen LogP contribution is 2.27. The number of hydrogen-bond acceptors (Lipinski definition) is 3. The lowest BCUT2D eigenvalue weighted by atomic mass is 10.1. The van der Waals surface area contributed by atoms with Crippen molar-refractivity contribution in [2.24, 2.45) is 5.92 Å². The number of aliphatic hydroxyl groups is 1. The number of aliphatic hydroxyl groups excluding tert-OH is 1. The SMILES string of the molecule is COc1ccc(CNC(=O)C2CCCC2O)cc1Br. The third-order valence-electron chi connectivity index (χ3n) is 3.50. The maximum absolute atomic E-state index is 11.9. The predicted octanol–water partition coefficient (Wildman–Crippen LogP) is 2.23. The number of halogens is 1. The van der Waals surface area contributed by atoms with Crippen LogP contribution in [0.15, 0.2) is 22.7 Å². The maximum Gasteiger partial charge on any atom is 0.225 e. The van der Waals surface area contributed by atoms with E-state index >= 15 is 0 Å². The van der Waals surface area contributed by atoms with Crippen LogP contribution in [-0.4, -0.2) is 24.2 Å². The molecule has 4 nitrogen and oxygen atoms in total. The zero-order valence-corrected chi connectivity index (χ0v) is 12.4. The fraction of sp³-hybridized carbons (Fsp3) is 0.500. The van der Waals surface area contributed by atoms with Gasteiger partial charge in [-0.3, -0.25) is 4.79 Å². The summed E-state index contributed by atoms with van der Waals surface area (Å²) in [6.07, 6.45) is 1.95. The quantitative estimate of drug-likeness (QED) is 0.891. The van der Waals surface area contributed by atoms with Gasteiger partial charge in [0.15, 0.2) is 0 Å². The molecule has 2 N–H and O–H groups in total. The molecule has 0 spiro atoms. The number of hydrogen-bond donors (Lipinski definition) is 2. The fourth-order valence-electron chi connectivity index (χ4n) is 2.39. The van der Waals surface area contributed by atoms with Crippen LogP contribution in [0.4, 0.5) is 0 Å². The van der Waals surface area contributed by atoms with Crippen molar-refractivity contribution >= 4 is 21.8 Å². The summed E-state index contributed by atoms with van der Waals surface area (Å²) < 4.78 is 6.02. The Kier molecular flexibility index (Phi) is 4.82. The smallest absolute Gasteiger partial charge is 0.225 e. The lowest BCUT2D eigenvalue weighted by Gasteiger charge is -2.14. The first-order chi connectivity index (χ1) is 9.11. The van der Waals surface area contributed by atoms with Gasteiger partial charge in [-0.1, -0.05) is 6.07 Å². The average Bonchev–Trinajstić information content (AvgIpc) is 2.82. The lowest BCUT2D eigenvalue weighted by molar-refractivity contribution is -0.127. The van der Waals surface area contributed by atoms with Gasteiger partial charge in [-0.15, -0.1) is 0 Å². The molecule has 5 heteroatoms. The molecule has 2 unspecified atom stereocenters. The second kappa shape index (κ2) is 6.39. The van der Waals surface area contributed by atoms with Crippen molar-refractivity contribution in [3.63, 3.8) is 0 Å². The van der Waals surface area contributed by atoms with E-state index in [0.717, 1.165) is 35.0 Å². The molecule has 2 rings (SSSR count). The first kappa shape index (κ1) is 14.3. The monoisotopic (exact) mass is 327 g/mol. The Morgan fingerprint density at radius 3 is 2.89 bits per heavy atom. The first-order valence-corrected chi connectivity index (χ1v) is 7.19. The predicted molar refractivity (Wildman–Crippen MR) is 75.9 cm³/mol. The minimum absolute atomic E-state index is 0.0584. The summed E-state index contributed by atoms with van der Waals surface area (Å²) in [5.74, 6) is 0.458.